The summed E-state index contributed by atoms with van der Waals surface area (Å²) < 4.78 is 1.37. The molecule has 6 heteroatoms. The molecule has 1 amide bonds. The molecule has 0 bridgehead atoms. The standard InChI is InChI=1S/C14H10N4O2/c15-13(20)12-5-6-18(17-12)14-10(8-19)7-9-3-1-2-4-11(9)16-14/h1-8H,(H2,15,20). The molecule has 0 saturated carbocycles. The zero-order chi connectivity index (χ0) is 14.1. The van der Waals surface area contributed by atoms with Gasteiger partial charge in [-0.25, -0.2) is 9.67 Å². The second-order valence-electron chi connectivity index (χ2n) is 4.22. The highest BCUT2D eigenvalue weighted by molar-refractivity contribution is 5.91. The van der Waals surface area contributed by atoms with Crippen molar-refractivity contribution < 1.29 is 9.59 Å². The highest BCUT2D eigenvalue weighted by atomic mass is 16.1. The van der Waals surface area contributed by atoms with Gasteiger partial charge in [0.25, 0.3) is 5.91 Å². The topological polar surface area (TPSA) is 90.9 Å². The average molecular weight is 266 g/mol. The number of carbonyl (C=O) groups is 2. The van der Waals surface area contributed by atoms with E-state index in [0.717, 1.165) is 10.9 Å². The monoisotopic (exact) mass is 266 g/mol. The molecule has 3 aromatic rings. The number of rotatable bonds is 3. The second-order valence-corrected chi connectivity index (χ2v) is 4.22. The third kappa shape index (κ3) is 1.93. The number of nitrogens with zero attached hydrogens (tertiary/aromatic N) is 3. The number of hydrogen-bond donors (Lipinski definition) is 1. The van der Waals surface area contributed by atoms with Crippen LogP contribution in [0.5, 0.6) is 0 Å². The lowest BCUT2D eigenvalue weighted by Crippen LogP contribution is -2.13. The smallest absolute Gasteiger partial charge is 0.269 e. The van der Waals surface area contributed by atoms with Gasteiger partial charge in [0, 0.05) is 11.6 Å². The number of hydrogen-bond acceptors (Lipinski definition) is 4. The number of carbonyl (C=O) groups excluding carboxylic acids is 2. The number of pyridine rings is 1. The summed E-state index contributed by atoms with van der Waals surface area (Å²) in [5.41, 5.74) is 6.42. The van der Waals surface area contributed by atoms with E-state index in [9.17, 15) is 9.59 Å². The van der Waals surface area contributed by atoms with Crippen molar-refractivity contribution in [1.82, 2.24) is 14.8 Å². The second kappa shape index (κ2) is 4.58. The van der Waals surface area contributed by atoms with Crippen molar-refractivity contribution in [2.75, 3.05) is 0 Å². The predicted molar refractivity (Wildman–Crippen MR) is 72.8 cm³/mol. The lowest BCUT2D eigenvalue weighted by molar-refractivity contribution is 0.0995. The van der Waals surface area contributed by atoms with Crippen LogP contribution in [0.25, 0.3) is 16.7 Å². The largest absolute Gasteiger partial charge is 0.364 e. The molecule has 0 saturated heterocycles. The Balaban J connectivity index is 2.22. The highest BCUT2D eigenvalue weighted by Crippen LogP contribution is 2.18. The molecule has 1 aromatic carbocycles. The summed E-state index contributed by atoms with van der Waals surface area (Å²) in [5.74, 6) is -0.261. The van der Waals surface area contributed by atoms with Crippen molar-refractivity contribution in [3.05, 3.63) is 53.9 Å². The molecule has 0 atom stereocenters. The fourth-order valence-electron chi connectivity index (χ4n) is 1.97. The van der Waals surface area contributed by atoms with Gasteiger partial charge >= 0.3 is 0 Å². The highest BCUT2D eigenvalue weighted by Gasteiger charge is 2.11. The van der Waals surface area contributed by atoms with Gasteiger partial charge in [-0.1, -0.05) is 18.2 Å². The van der Waals surface area contributed by atoms with Crippen LogP contribution in [0.2, 0.25) is 0 Å². The quantitative estimate of drug-likeness (QED) is 0.724. The molecular weight excluding hydrogens is 256 g/mol. The van der Waals surface area contributed by atoms with Gasteiger partial charge in [0.05, 0.1) is 11.1 Å². The summed E-state index contributed by atoms with van der Waals surface area (Å²) in [7, 11) is 0. The van der Waals surface area contributed by atoms with Crippen molar-refractivity contribution in [2.45, 2.75) is 0 Å². The van der Waals surface area contributed by atoms with Crippen molar-refractivity contribution in [2.24, 2.45) is 5.73 Å². The van der Waals surface area contributed by atoms with E-state index in [0.29, 0.717) is 17.7 Å². The summed E-state index contributed by atoms with van der Waals surface area (Å²) in [6.45, 7) is 0. The first-order valence-corrected chi connectivity index (χ1v) is 5.90. The minimum absolute atomic E-state index is 0.122. The van der Waals surface area contributed by atoms with Crippen LogP contribution in [0.15, 0.2) is 42.6 Å². The Bertz CT molecular complexity index is 823. The molecule has 0 radical (unpaired) electrons. The van der Waals surface area contributed by atoms with Gasteiger partial charge in [-0.2, -0.15) is 5.10 Å². The fourth-order valence-corrected chi connectivity index (χ4v) is 1.97. The molecule has 2 aromatic heterocycles. The van der Waals surface area contributed by atoms with E-state index in [4.69, 9.17) is 5.73 Å². The van der Waals surface area contributed by atoms with Crippen LogP contribution < -0.4 is 5.73 Å². The van der Waals surface area contributed by atoms with E-state index < -0.39 is 5.91 Å². The third-order valence-corrected chi connectivity index (χ3v) is 2.92. The number of primary amides is 1. The Labute approximate surface area is 113 Å². The average Bonchev–Trinajstić information content (AvgIpc) is 2.95. The SMILES string of the molecule is NC(=O)c1ccn(-c2nc3ccccc3cc2C=O)n1. The molecular formula is C14H10N4O2. The maximum atomic E-state index is 11.2. The molecule has 0 spiro atoms. The Kier molecular flexibility index (Phi) is 2.76. The van der Waals surface area contributed by atoms with Gasteiger partial charge in [0.1, 0.15) is 5.69 Å². The zero-order valence-electron chi connectivity index (χ0n) is 10.4. The number of nitrogens with two attached hydrogens (primary N) is 1. The first-order chi connectivity index (χ1) is 9.69. The Morgan fingerprint density at radius 1 is 1.25 bits per heavy atom. The van der Waals surface area contributed by atoms with Crippen molar-refractivity contribution in [3.63, 3.8) is 0 Å². The molecule has 0 aliphatic heterocycles. The van der Waals surface area contributed by atoms with E-state index in [-0.39, 0.29) is 5.69 Å². The summed E-state index contributed by atoms with van der Waals surface area (Å²) in [4.78, 5) is 26.7. The van der Waals surface area contributed by atoms with Gasteiger partial charge in [-0.3, -0.25) is 9.59 Å². The van der Waals surface area contributed by atoms with Crippen LogP contribution in [0, 0.1) is 0 Å². The van der Waals surface area contributed by atoms with E-state index in [1.54, 1.807) is 12.3 Å². The van der Waals surface area contributed by atoms with Crippen LogP contribution >= 0.6 is 0 Å². The molecule has 98 valence electrons. The van der Waals surface area contributed by atoms with Crippen LogP contribution in [-0.2, 0) is 0 Å². The van der Waals surface area contributed by atoms with Gasteiger partial charge in [-0.15, -0.1) is 0 Å². The molecule has 0 aliphatic carbocycles. The number of amides is 1. The number of benzene rings is 1. The van der Waals surface area contributed by atoms with Crippen molar-refractivity contribution >= 4 is 23.1 Å². The van der Waals surface area contributed by atoms with Gasteiger partial charge < -0.3 is 5.73 Å². The maximum Gasteiger partial charge on any atom is 0.269 e. The molecule has 0 aliphatic rings. The molecule has 3 rings (SSSR count). The lowest BCUT2D eigenvalue weighted by atomic mass is 10.1. The lowest BCUT2D eigenvalue weighted by Gasteiger charge is -2.06. The van der Waals surface area contributed by atoms with Gasteiger partial charge in [-0.05, 0) is 18.2 Å². The summed E-state index contributed by atoms with van der Waals surface area (Å²) in [5, 5.41) is 4.88. The van der Waals surface area contributed by atoms with Crippen LogP contribution in [0.1, 0.15) is 20.8 Å². The molecule has 2 heterocycles. The number of aromatic nitrogens is 3. The fraction of sp³-hybridized carbons (Fsp3) is 0. The van der Waals surface area contributed by atoms with Crippen molar-refractivity contribution in [1.29, 1.82) is 0 Å². The number of fused-ring (bicyclic) bond motifs is 1. The number of aldehydes is 1. The van der Waals surface area contributed by atoms with Crippen LogP contribution in [-0.4, -0.2) is 27.0 Å². The van der Waals surface area contributed by atoms with Gasteiger partial charge in [0.2, 0.25) is 0 Å². The molecule has 0 fully saturated rings. The molecule has 2 N–H and O–H groups in total. The minimum Gasteiger partial charge on any atom is -0.364 e. The summed E-state index contributed by atoms with van der Waals surface area (Å²) in [6, 6.07) is 10.7. The Hall–Kier alpha value is -3.02. The normalized spacial score (nSPS) is 10.6. The third-order valence-electron chi connectivity index (χ3n) is 2.92. The first-order valence-electron chi connectivity index (χ1n) is 5.90. The van der Waals surface area contributed by atoms with Crippen LogP contribution in [0.3, 0.4) is 0 Å². The first kappa shape index (κ1) is 12.0. The summed E-state index contributed by atoms with van der Waals surface area (Å²) in [6.07, 6.45) is 2.25. The van der Waals surface area contributed by atoms with E-state index in [1.165, 1.54) is 10.7 Å². The Morgan fingerprint density at radius 2 is 2.05 bits per heavy atom. The Morgan fingerprint density at radius 3 is 2.75 bits per heavy atom. The number of para-hydroxylation sites is 1. The van der Waals surface area contributed by atoms with Gasteiger partial charge in [0.15, 0.2) is 12.1 Å². The predicted octanol–water partition coefficient (Wildman–Crippen LogP) is 1.33. The molecule has 0 unspecified atom stereocenters. The maximum absolute atomic E-state index is 11.2. The van der Waals surface area contributed by atoms with Crippen LogP contribution in [0.4, 0.5) is 0 Å². The zero-order valence-corrected chi connectivity index (χ0v) is 10.4. The molecule has 20 heavy (non-hydrogen) atoms. The minimum atomic E-state index is -0.628. The van der Waals surface area contributed by atoms with E-state index in [1.807, 2.05) is 24.3 Å². The summed E-state index contributed by atoms with van der Waals surface area (Å²) >= 11 is 0. The van der Waals surface area contributed by atoms with Crippen molar-refractivity contribution in [3.8, 4) is 5.82 Å². The van der Waals surface area contributed by atoms with E-state index >= 15 is 0 Å². The van der Waals surface area contributed by atoms with E-state index in [2.05, 4.69) is 10.1 Å². The molecule has 6 nitrogen and oxygen atoms in total.